The van der Waals surface area contributed by atoms with Gasteiger partial charge in [0.05, 0.1) is 6.04 Å². The number of hydrogen-bond donors (Lipinski definition) is 7. The Morgan fingerprint density at radius 2 is 1.97 bits per heavy atom. The van der Waals surface area contributed by atoms with Crippen molar-refractivity contribution in [1.29, 1.82) is 0 Å². The predicted octanol–water partition coefficient (Wildman–Crippen LogP) is -0.770. The van der Waals surface area contributed by atoms with Crippen LogP contribution in [0.2, 0.25) is 0 Å². The SMILES string of the molecule is Nc1nc2c(c(=O)n1C=O)NC(CNc1ccc(C(=O)NC(CCC(=O)O)C(=O)O)cc1)CN2. The van der Waals surface area contributed by atoms with Gasteiger partial charge in [-0.1, -0.05) is 0 Å². The van der Waals surface area contributed by atoms with Gasteiger partial charge >= 0.3 is 11.9 Å². The smallest absolute Gasteiger partial charge is 0.326 e. The molecule has 14 nitrogen and oxygen atoms in total. The number of rotatable bonds is 10. The van der Waals surface area contributed by atoms with Crippen molar-refractivity contribution < 1.29 is 29.4 Å². The highest BCUT2D eigenvalue weighted by Crippen LogP contribution is 2.21. The van der Waals surface area contributed by atoms with Crippen LogP contribution < -0.4 is 32.6 Å². The van der Waals surface area contributed by atoms with Crippen molar-refractivity contribution in [2.45, 2.75) is 24.9 Å². The van der Waals surface area contributed by atoms with Crippen molar-refractivity contribution in [2.24, 2.45) is 0 Å². The van der Waals surface area contributed by atoms with Crippen LogP contribution >= 0.6 is 0 Å². The van der Waals surface area contributed by atoms with Gasteiger partial charge < -0.3 is 37.2 Å². The Bertz CT molecular complexity index is 1160. The Balaban J connectivity index is 1.58. The number of nitrogens with one attached hydrogen (secondary N) is 4. The van der Waals surface area contributed by atoms with Gasteiger partial charge in [0, 0.05) is 30.8 Å². The maximum Gasteiger partial charge on any atom is 0.326 e. The fraction of sp³-hybridized carbons (Fsp3) is 0.300. The largest absolute Gasteiger partial charge is 0.481 e. The first-order valence-corrected chi connectivity index (χ1v) is 10.2. The third kappa shape index (κ3) is 5.59. The number of aliphatic carboxylic acids is 2. The maximum atomic E-state index is 12.4. The van der Waals surface area contributed by atoms with E-state index in [0.29, 0.717) is 23.3 Å². The quantitative estimate of drug-likeness (QED) is 0.212. The highest BCUT2D eigenvalue weighted by Gasteiger charge is 2.24. The highest BCUT2D eigenvalue weighted by atomic mass is 16.4. The number of fused-ring (bicyclic) bond motifs is 1. The first-order valence-electron chi connectivity index (χ1n) is 10.2. The monoisotopic (exact) mass is 473 g/mol. The molecule has 2 unspecified atom stereocenters. The summed E-state index contributed by atoms with van der Waals surface area (Å²) < 4.78 is 0.698. The van der Waals surface area contributed by atoms with Gasteiger partial charge in [-0.2, -0.15) is 4.98 Å². The van der Waals surface area contributed by atoms with Gasteiger partial charge in [0.2, 0.25) is 12.4 Å². The minimum atomic E-state index is -1.32. The number of nitrogens with two attached hydrogens (primary N) is 1. The molecule has 0 bridgehead atoms. The van der Waals surface area contributed by atoms with Gasteiger partial charge in [-0.05, 0) is 30.7 Å². The third-order valence-electron chi connectivity index (χ3n) is 5.06. The fourth-order valence-corrected chi connectivity index (χ4v) is 3.26. The van der Waals surface area contributed by atoms with E-state index in [0.717, 1.165) is 0 Å². The van der Waals surface area contributed by atoms with Gasteiger partial charge in [-0.3, -0.25) is 19.2 Å². The van der Waals surface area contributed by atoms with Crippen LogP contribution in [0.1, 0.15) is 23.2 Å². The third-order valence-corrected chi connectivity index (χ3v) is 5.06. The fourth-order valence-electron chi connectivity index (χ4n) is 3.26. The molecule has 1 aliphatic heterocycles. The average Bonchev–Trinajstić information content (AvgIpc) is 2.80. The lowest BCUT2D eigenvalue weighted by molar-refractivity contribution is -0.140. The lowest BCUT2D eigenvalue weighted by atomic mass is 10.1. The molecule has 14 heteroatoms. The minimum Gasteiger partial charge on any atom is -0.481 e. The van der Waals surface area contributed by atoms with E-state index in [9.17, 15) is 24.0 Å². The highest BCUT2D eigenvalue weighted by molar-refractivity contribution is 5.97. The van der Waals surface area contributed by atoms with E-state index in [1.54, 1.807) is 12.1 Å². The summed E-state index contributed by atoms with van der Waals surface area (Å²) in [6.07, 6.45) is -0.334. The van der Waals surface area contributed by atoms with Crippen molar-refractivity contribution in [3.8, 4) is 0 Å². The van der Waals surface area contributed by atoms with Crippen molar-refractivity contribution in [1.82, 2.24) is 14.9 Å². The number of carbonyl (C=O) groups excluding carboxylic acids is 2. The van der Waals surface area contributed by atoms with Crippen LogP contribution in [0.5, 0.6) is 0 Å². The van der Waals surface area contributed by atoms with Crippen LogP contribution in [0.25, 0.3) is 0 Å². The zero-order valence-corrected chi connectivity index (χ0v) is 17.8. The molecule has 2 heterocycles. The maximum absolute atomic E-state index is 12.4. The molecule has 0 saturated heterocycles. The summed E-state index contributed by atoms with van der Waals surface area (Å²) in [5.41, 5.74) is 5.96. The molecule has 3 rings (SSSR count). The Hall–Kier alpha value is -4.62. The van der Waals surface area contributed by atoms with Gasteiger partial charge in [0.1, 0.15) is 11.7 Å². The molecule has 2 atom stereocenters. The summed E-state index contributed by atoms with van der Waals surface area (Å²) in [7, 11) is 0. The second kappa shape index (κ2) is 10.3. The summed E-state index contributed by atoms with van der Waals surface area (Å²) in [5.74, 6) is -3.07. The van der Waals surface area contributed by atoms with Gasteiger partial charge in [-0.25, -0.2) is 9.36 Å². The molecule has 1 amide bonds. The number of carboxylic acid groups (broad SMARTS) is 2. The number of benzene rings is 1. The van der Waals surface area contributed by atoms with Gasteiger partial charge in [0.25, 0.3) is 11.5 Å². The van der Waals surface area contributed by atoms with E-state index < -0.39 is 29.4 Å². The van der Waals surface area contributed by atoms with Crippen molar-refractivity contribution in [2.75, 3.05) is 34.8 Å². The van der Waals surface area contributed by atoms with Crippen LogP contribution in [0.4, 0.5) is 23.1 Å². The lowest BCUT2D eigenvalue weighted by Crippen LogP contribution is -2.42. The summed E-state index contributed by atoms with van der Waals surface area (Å²) in [6.45, 7) is 0.795. The summed E-state index contributed by atoms with van der Waals surface area (Å²) in [5, 5.41) is 29.3. The normalized spacial score (nSPS) is 15.1. The molecule has 1 aromatic heterocycles. The van der Waals surface area contributed by atoms with E-state index in [4.69, 9.17) is 15.9 Å². The van der Waals surface area contributed by atoms with Crippen molar-refractivity contribution in [3.05, 3.63) is 40.2 Å². The number of carboxylic acids is 2. The van der Waals surface area contributed by atoms with E-state index >= 15 is 0 Å². The van der Waals surface area contributed by atoms with E-state index in [2.05, 4.69) is 26.3 Å². The van der Waals surface area contributed by atoms with Crippen LogP contribution in [-0.2, 0) is 14.4 Å². The van der Waals surface area contributed by atoms with E-state index in [1.807, 2.05) is 0 Å². The molecule has 0 radical (unpaired) electrons. The Morgan fingerprint density at radius 1 is 1.26 bits per heavy atom. The first kappa shape index (κ1) is 24.0. The summed E-state index contributed by atoms with van der Waals surface area (Å²) in [4.78, 5) is 61.6. The van der Waals surface area contributed by atoms with Crippen molar-refractivity contribution in [3.63, 3.8) is 0 Å². The van der Waals surface area contributed by atoms with E-state index in [1.165, 1.54) is 12.1 Å². The molecule has 0 saturated carbocycles. The lowest BCUT2D eigenvalue weighted by Gasteiger charge is -2.27. The molecule has 2 aromatic rings. The minimum absolute atomic E-state index is 0.127. The molecular weight excluding hydrogens is 450 g/mol. The number of carbonyl (C=O) groups is 4. The van der Waals surface area contributed by atoms with Gasteiger partial charge in [0.15, 0.2) is 5.82 Å². The van der Waals surface area contributed by atoms with E-state index in [-0.39, 0.29) is 48.3 Å². The number of hydrogen-bond acceptors (Lipinski definition) is 10. The molecular formula is C20H23N7O7. The number of nitrogens with zero attached hydrogens (tertiary/aromatic N) is 2. The first-order chi connectivity index (χ1) is 16.2. The molecule has 1 aromatic carbocycles. The zero-order valence-electron chi connectivity index (χ0n) is 17.8. The Labute approximate surface area is 192 Å². The van der Waals surface area contributed by atoms with Crippen molar-refractivity contribution >= 4 is 47.4 Å². The number of nitrogen functional groups attached to an aromatic ring is 1. The predicted molar refractivity (Wildman–Crippen MR) is 122 cm³/mol. The standard InChI is InChI=1S/C20H23N7O7/c21-20-26-16-15(18(32)27(20)9-28)24-12(8-23-16)7-22-11-3-1-10(2-4-11)17(31)25-13(19(33)34)5-6-14(29)30/h1-4,9,12-13,22-24H,5-8H2,(H2,21,26)(H,25,31)(H,29,30)(H,33,34). The van der Waals surface area contributed by atoms with Crippen LogP contribution in [0.15, 0.2) is 29.1 Å². The average molecular weight is 473 g/mol. The second-order valence-corrected chi connectivity index (χ2v) is 7.45. The number of anilines is 4. The molecule has 0 fully saturated rings. The van der Waals surface area contributed by atoms with Crippen LogP contribution in [0, 0.1) is 0 Å². The molecule has 1 aliphatic rings. The molecule has 180 valence electrons. The molecule has 0 aliphatic carbocycles. The topological polar surface area (TPSA) is 218 Å². The molecule has 34 heavy (non-hydrogen) atoms. The van der Waals surface area contributed by atoms with Crippen LogP contribution in [-0.4, -0.2) is 69.2 Å². The molecule has 8 N–H and O–H groups in total. The van der Waals surface area contributed by atoms with Crippen LogP contribution in [0.3, 0.4) is 0 Å². The molecule has 0 spiro atoms. The summed E-state index contributed by atoms with van der Waals surface area (Å²) >= 11 is 0. The number of aromatic nitrogens is 2. The summed E-state index contributed by atoms with van der Waals surface area (Å²) in [6, 6.07) is 4.67. The second-order valence-electron chi connectivity index (χ2n) is 7.45. The van der Waals surface area contributed by atoms with Gasteiger partial charge in [-0.15, -0.1) is 0 Å². The Kier molecular flexibility index (Phi) is 7.30. The zero-order chi connectivity index (χ0) is 24.8. The Morgan fingerprint density at radius 3 is 2.59 bits per heavy atom. The number of amides is 1.